The standard InChI is InChI=1S/C57H44N4/c1-35-18-24-50-49-25-23-45(44-16-9-17-46(32-44)56-60-54(41-11-4-2-5-12-41)59-55(61-56)42-13-6-3-7-14-42)33-51(49)57(47-28-37-26-38(30-47)31-48(57)29-37)53(50)52(35)40-21-19-39(20-22-40)43-15-8-10-36(27-43)34-58/h2-25,27,32-33,37-38,47-48H,26,28-31H2,1H3. The van der Waals surface area contributed by atoms with Crippen LogP contribution in [0.15, 0.2) is 164 Å². The van der Waals surface area contributed by atoms with E-state index in [-0.39, 0.29) is 5.41 Å². The molecule has 0 amide bonds. The molecule has 13 rings (SSSR count). The topological polar surface area (TPSA) is 62.5 Å². The van der Waals surface area contributed by atoms with E-state index in [4.69, 9.17) is 15.0 Å². The van der Waals surface area contributed by atoms with Crippen molar-refractivity contribution in [2.75, 3.05) is 0 Å². The molecular formula is C57H44N4. The zero-order valence-corrected chi connectivity index (χ0v) is 34.2. The molecule has 1 aromatic heterocycles. The fraction of sp³-hybridized carbons (Fsp3) is 0.193. The normalized spacial score (nSPS) is 21.6. The van der Waals surface area contributed by atoms with Gasteiger partial charge in [-0.2, -0.15) is 5.26 Å². The second-order valence-electron chi connectivity index (χ2n) is 18.0. The number of rotatable bonds is 6. The molecule has 0 saturated heterocycles. The Balaban J connectivity index is 0.993. The smallest absolute Gasteiger partial charge is 0.164 e. The molecule has 4 heteroatoms. The van der Waals surface area contributed by atoms with Crippen LogP contribution in [-0.4, -0.2) is 15.0 Å². The van der Waals surface area contributed by atoms with E-state index in [2.05, 4.69) is 122 Å². The lowest BCUT2D eigenvalue weighted by atomic mass is 9.42. The number of hydrogen-bond donors (Lipinski definition) is 0. The highest BCUT2D eigenvalue weighted by molar-refractivity contribution is 5.92. The Kier molecular flexibility index (Phi) is 8.29. The number of nitriles is 1. The first-order valence-corrected chi connectivity index (χ1v) is 21.9. The number of fused-ring (bicyclic) bond motifs is 3. The van der Waals surface area contributed by atoms with Crippen molar-refractivity contribution in [2.45, 2.75) is 44.4 Å². The molecule has 5 aliphatic carbocycles. The second-order valence-corrected chi connectivity index (χ2v) is 18.0. The number of hydrogen-bond acceptors (Lipinski definition) is 4. The fourth-order valence-corrected chi connectivity index (χ4v) is 12.3. The van der Waals surface area contributed by atoms with Gasteiger partial charge in [-0.1, -0.05) is 140 Å². The minimum absolute atomic E-state index is 0.0315. The maximum Gasteiger partial charge on any atom is 0.164 e. The van der Waals surface area contributed by atoms with E-state index in [1.54, 1.807) is 5.56 Å². The third kappa shape index (κ3) is 5.75. The summed E-state index contributed by atoms with van der Waals surface area (Å²) in [5, 5.41) is 9.58. The van der Waals surface area contributed by atoms with Gasteiger partial charge in [-0.05, 0) is 148 Å². The lowest BCUT2D eigenvalue weighted by Crippen LogP contribution is -2.55. The van der Waals surface area contributed by atoms with Gasteiger partial charge in [0.1, 0.15) is 0 Å². The van der Waals surface area contributed by atoms with Crippen LogP contribution in [0.5, 0.6) is 0 Å². The van der Waals surface area contributed by atoms with Crippen LogP contribution in [-0.2, 0) is 5.41 Å². The molecule has 0 atom stereocenters. The molecule has 8 aromatic rings. The van der Waals surface area contributed by atoms with Crippen LogP contribution in [0.2, 0.25) is 0 Å². The molecule has 0 aliphatic heterocycles. The minimum atomic E-state index is -0.0315. The molecule has 4 nitrogen and oxygen atoms in total. The van der Waals surface area contributed by atoms with Gasteiger partial charge in [0.25, 0.3) is 0 Å². The molecule has 0 radical (unpaired) electrons. The Bertz CT molecular complexity index is 2970. The summed E-state index contributed by atoms with van der Waals surface area (Å²) < 4.78 is 0. The van der Waals surface area contributed by atoms with Crippen LogP contribution in [0, 0.1) is 41.9 Å². The first-order chi connectivity index (χ1) is 30.0. The molecule has 4 fully saturated rings. The third-order valence-electron chi connectivity index (χ3n) is 14.7. The minimum Gasteiger partial charge on any atom is -0.208 e. The summed E-state index contributed by atoms with van der Waals surface area (Å²) in [7, 11) is 0. The van der Waals surface area contributed by atoms with Gasteiger partial charge < -0.3 is 0 Å². The highest BCUT2D eigenvalue weighted by Crippen LogP contribution is 2.71. The van der Waals surface area contributed by atoms with E-state index >= 15 is 0 Å². The zero-order chi connectivity index (χ0) is 40.7. The maximum absolute atomic E-state index is 9.58. The molecule has 292 valence electrons. The average Bonchev–Trinajstić information content (AvgIpc) is 3.61. The molecule has 4 saturated carbocycles. The SMILES string of the molecule is Cc1ccc2c(c1-c1ccc(-c3cccc(C#N)c3)cc1)C1(c3cc(-c4cccc(-c5nc(-c6ccccc6)nc(-c6ccccc6)n5)c4)ccc3-2)C2CC3CC(C2)CC1C3. The van der Waals surface area contributed by atoms with Gasteiger partial charge >= 0.3 is 0 Å². The van der Waals surface area contributed by atoms with Crippen LogP contribution < -0.4 is 0 Å². The summed E-state index contributed by atoms with van der Waals surface area (Å²) in [4.78, 5) is 15.1. The van der Waals surface area contributed by atoms with Crippen LogP contribution in [0.3, 0.4) is 0 Å². The molecular weight excluding hydrogens is 741 g/mol. The Morgan fingerprint density at radius 3 is 1.61 bits per heavy atom. The van der Waals surface area contributed by atoms with Gasteiger partial charge in [-0.3, -0.25) is 0 Å². The molecule has 5 aliphatic rings. The van der Waals surface area contributed by atoms with E-state index in [0.29, 0.717) is 34.9 Å². The van der Waals surface area contributed by atoms with E-state index in [0.717, 1.165) is 39.7 Å². The van der Waals surface area contributed by atoms with E-state index < -0.39 is 0 Å². The van der Waals surface area contributed by atoms with Crippen molar-refractivity contribution in [1.82, 2.24) is 15.0 Å². The van der Waals surface area contributed by atoms with E-state index in [9.17, 15) is 5.26 Å². The molecule has 7 aromatic carbocycles. The quantitative estimate of drug-likeness (QED) is 0.168. The Morgan fingerprint density at radius 1 is 0.459 bits per heavy atom. The average molecular weight is 785 g/mol. The van der Waals surface area contributed by atoms with Crippen molar-refractivity contribution < 1.29 is 0 Å². The summed E-state index contributed by atoms with van der Waals surface area (Å²) in [6.07, 6.45) is 6.69. The fourth-order valence-electron chi connectivity index (χ4n) is 12.3. The molecule has 1 spiro atoms. The molecule has 4 bridgehead atoms. The van der Waals surface area contributed by atoms with Gasteiger partial charge in [0.2, 0.25) is 0 Å². The van der Waals surface area contributed by atoms with Crippen molar-refractivity contribution in [2.24, 2.45) is 23.7 Å². The Labute approximate surface area is 357 Å². The van der Waals surface area contributed by atoms with Crippen LogP contribution >= 0.6 is 0 Å². The van der Waals surface area contributed by atoms with Gasteiger partial charge in [0.05, 0.1) is 11.6 Å². The first-order valence-electron chi connectivity index (χ1n) is 21.9. The Morgan fingerprint density at radius 2 is 0.967 bits per heavy atom. The molecule has 1 heterocycles. The number of aryl methyl sites for hydroxylation is 1. The third-order valence-corrected chi connectivity index (χ3v) is 14.7. The Hall–Kier alpha value is -6.96. The van der Waals surface area contributed by atoms with Gasteiger partial charge in [0, 0.05) is 22.1 Å². The van der Waals surface area contributed by atoms with Crippen LogP contribution in [0.4, 0.5) is 0 Å². The number of aromatic nitrogens is 3. The first kappa shape index (κ1) is 35.9. The van der Waals surface area contributed by atoms with Crippen molar-refractivity contribution >= 4 is 0 Å². The van der Waals surface area contributed by atoms with Crippen molar-refractivity contribution in [3.63, 3.8) is 0 Å². The number of benzene rings is 7. The summed E-state index contributed by atoms with van der Waals surface area (Å²) in [5.41, 5.74) is 18.2. The van der Waals surface area contributed by atoms with Crippen LogP contribution in [0.1, 0.15) is 54.4 Å². The predicted molar refractivity (Wildman–Crippen MR) is 245 cm³/mol. The number of nitrogens with zero attached hydrogens (tertiary/aromatic N) is 4. The van der Waals surface area contributed by atoms with Crippen LogP contribution in [0.25, 0.3) is 78.7 Å². The lowest BCUT2D eigenvalue weighted by molar-refractivity contribution is -0.0397. The van der Waals surface area contributed by atoms with Crippen molar-refractivity contribution in [3.8, 4) is 84.7 Å². The van der Waals surface area contributed by atoms with Gasteiger partial charge in [-0.25, -0.2) is 15.0 Å². The highest BCUT2D eigenvalue weighted by Gasteiger charge is 2.62. The van der Waals surface area contributed by atoms with Gasteiger partial charge in [0.15, 0.2) is 17.5 Å². The molecule has 0 N–H and O–H groups in total. The maximum atomic E-state index is 9.58. The summed E-state index contributed by atoms with van der Waals surface area (Å²) in [6, 6.07) is 60.8. The highest BCUT2D eigenvalue weighted by atomic mass is 15.0. The van der Waals surface area contributed by atoms with Crippen molar-refractivity contribution in [1.29, 1.82) is 5.26 Å². The monoisotopic (exact) mass is 784 g/mol. The lowest BCUT2D eigenvalue weighted by Gasteiger charge is -2.61. The molecule has 61 heavy (non-hydrogen) atoms. The second kappa shape index (κ2) is 14.1. The summed E-state index contributed by atoms with van der Waals surface area (Å²) in [5.74, 6) is 4.95. The zero-order valence-electron chi connectivity index (χ0n) is 34.2. The van der Waals surface area contributed by atoms with Crippen molar-refractivity contribution in [3.05, 3.63) is 186 Å². The largest absolute Gasteiger partial charge is 0.208 e. The predicted octanol–water partition coefficient (Wildman–Crippen LogP) is 13.8. The van der Waals surface area contributed by atoms with E-state index in [1.165, 1.54) is 76.6 Å². The molecule has 0 unspecified atom stereocenters. The van der Waals surface area contributed by atoms with E-state index in [1.807, 2.05) is 54.6 Å². The van der Waals surface area contributed by atoms with Gasteiger partial charge in [-0.15, -0.1) is 0 Å². The summed E-state index contributed by atoms with van der Waals surface area (Å²) >= 11 is 0. The summed E-state index contributed by atoms with van der Waals surface area (Å²) in [6.45, 7) is 2.32.